The van der Waals surface area contributed by atoms with E-state index >= 15 is 0 Å². The van der Waals surface area contributed by atoms with Gasteiger partial charge in [0.1, 0.15) is 5.65 Å². The van der Waals surface area contributed by atoms with E-state index in [9.17, 15) is 0 Å². The molecule has 0 aromatic carbocycles. The van der Waals surface area contributed by atoms with E-state index in [2.05, 4.69) is 37.3 Å². The minimum atomic E-state index is 0.402. The molecule has 8 heteroatoms. The molecule has 7 nitrogen and oxygen atoms in total. The van der Waals surface area contributed by atoms with Crippen LogP contribution >= 0.6 is 11.6 Å². The van der Waals surface area contributed by atoms with Crippen LogP contribution in [0.3, 0.4) is 0 Å². The van der Waals surface area contributed by atoms with Crippen molar-refractivity contribution >= 4 is 34.2 Å². The Labute approximate surface area is 148 Å². The topological polar surface area (TPSA) is 83.8 Å². The van der Waals surface area contributed by atoms with Crippen LogP contribution in [0.2, 0.25) is 5.15 Å². The highest BCUT2D eigenvalue weighted by Gasteiger charge is 2.28. The van der Waals surface area contributed by atoms with Crippen molar-refractivity contribution in [2.24, 2.45) is 5.92 Å². The molecule has 0 saturated heterocycles. The first kappa shape index (κ1) is 14.7. The quantitative estimate of drug-likeness (QED) is 0.586. The molecule has 25 heavy (non-hydrogen) atoms. The summed E-state index contributed by atoms with van der Waals surface area (Å²) >= 11 is 6.12. The van der Waals surface area contributed by atoms with Crippen molar-refractivity contribution in [1.82, 2.24) is 29.5 Å². The number of anilines is 1. The molecule has 5 rings (SSSR count). The second-order valence-corrected chi connectivity index (χ2v) is 6.89. The third-order valence-corrected chi connectivity index (χ3v) is 4.97. The molecule has 0 spiro atoms. The number of nitrogens with zero attached hydrogens (tertiary/aromatic N) is 5. The molecule has 0 bridgehead atoms. The van der Waals surface area contributed by atoms with Gasteiger partial charge in [0, 0.05) is 29.4 Å². The molecule has 1 atom stereocenters. The summed E-state index contributed by atoms with van der Waals surface area (Å²) in [6.07, 6.45) is 7.89. The van der Waals surface area contributed by atoms with E-state index in [-0.39, 0.29) is 0 Å². The Balaban J connectivity index is 1.53. The van der Waals surface area contributed by atoms with E-state index in [4.69, 9.17) is 11.6 Å². The first-order valence-corrected chi connectivity index (χ1v) is 8.68. The van der Waals surface area contributed by atoms with Crippen LogP contribution in [0.15, 0.2) is 30.7 Å². The number of aromatic nitrogens is 6. The zero-order valence-electron chi connectivity index (χ0n) is 13.6. The Morgan fingerprint density at radius 3 is 3.00 bits per heavy atom. The number of aromatic amines is 1. The van der Waals surface area contributed by atoms with Crippen LogP contribution in [0.4, 0.5) is 5.95 Å². The van der Waals surface area contributed by atoms with E-state index in [0.29, 0.717) is 22.8 Å². The fourth-order valence-corrected chi connectivity index (χ4v) is 3.27. The molecule has 1 fully saturated rings. The minimum Gasteiger partial charge on any atom is -0.351 e. The highest BCUT2D eigenvalue weighted by molar-refractivity contribution is 6.29. The SMILES string of the molecule is C[C@@H](Nc1ncc2c(-c3ccc4ncc(Cl)n4n3)c[nH]c2n1)C1CC1. The van der Waals surface area contributed by atoms with Crippen LogP contribution in [-0.2, 0) is 0 Å². The second kappa shape index (κ2) is 5.42. The van der Waals surface area contributed by atoms with Crippen molar-refractivity contribution in [3.63, 3.8) is 0 Å². The zero-order valence-corrected chi connectivity index (χ0v) is 14.3. The lowest BCUT2D eigenvalue weighted by Gasteiger charge is -2.12. The van der Waals surface area contributed by atoms with E-state index in [0.717, 1.165) is 28.2 Å². The molecule has 0 radical (unpaired) electrons. The van der Waals surface area contributed by atoms with Gasteiger partial charge in [0.05, 0.1) is 11.9 Å². The molecular formula is C17H16ClN7. The predicted molar refractivity (Wildman–Crippen MR) is 96.7 cm³/mol. The summed E-state index contributed by atoms with van der Waals surface area (Å²) < 4.78 is 1.61. The van der Waals surface area contributed by atoms with Crippen molar-refractivity contribution < 1.29 is 0 Å². The molecule has 0 unspecified atom stereocenters. The van der Waals surface area contributed by atoms with Gasteiger partial charge in [0.15, 0.2) is 10.8 Å². The van der Waals surface area contributed by atoms with E-state index in [1.54, 1.807) is 10.7 Å². The fourth-order valence-electron chi connectivity index (χ4n) is 3.10. The second-order valence-electron chi connectivity index (χ2n) is 6.50. The Bertz CT molecular complexity index is 1080. The molecule has 1 aliphatic carbocycles. The molecule has 4 heterocycles. The molecule has 4 aromatic heterocycles. The highest BCUT2D eigenvalue weighted by atomic mass is 35.5. The minimum absolute atomic E-state index is 0.402. The smallest absolute Gasteiger partial charge is 0.224 e. The summed E-state index contributed by atoms with van der Waals surface area (Å²) in [6, 6.07) is 4.21. The number of nitrogens with one attached hydrogen (secondary N) is 2. The van der Waals surface area contributed by atoms with Gasteiger partial charge in [-0.15, -0.1) is 0 Å². The van der Waals surface area contributed by atoms with Gasteiger partial charge >= 0.3 is 0 Å². The maximum absolute atomic E-state index is 6.12. The first-order valence-electron chi connectivity index (χ1n) is 8.30. The Morgan fingerprint density at radius 2 is 2.16 bits per heavy atom. The third-order valence-electron chi connectivity index (χ3n) is 4.71. The van der Waals surface area contributed by atoms with Gasteiger partial charge in [-0.1, -0.05) is 11.6 Å². The lowest BCUT2D eigenvalue weighted by atomic mass is 10.2. The average Bonchev–Trinajstić information content (AvgIpc) is 3.30. The normalized spacial score (nSPS) is 15.8. The number of fused-ring (bicyclic) bond motifs is 2. The van der Waals surface area contributed by atoms with Gasteiger partial charge in [-0.25, -0.2) is 14.5 Å². The summed E-state index contributed by atoms with van der Waals surface area (Å²) in [7, 11) is 0. The van der Waals surface area contributed by atoms with Crippen molar-refractivity contribution in [2.75, 3.05) is 5.32 Å². The monoisotopic (exact) mass is 353 g/mol. The van der Waals surface area contributed by atoms with Crippen LogP contribution in [0, 0.1) is 5.92 Å². The summed E-state index contributed by atoms with van der Waals surface area (Å²) in [5.74, 6) is 1.40. The molecule has 126 valence electrons. The standard InChI is InChI=1S/C17H16ClN7/c1-9(10-2-3-10)22-17-21-7-12-11(6-20-16(12)23-17)13-4-5-15-19-8-14(18)25(15)24-13/h4-10H,2-3H2,1H3,(H2,20,21,22,23)/t9-/m1/s1. The van der Waals surface area contributed by atoms with Crippen molar-refractivity contribution in [1.29, 1.82) is 0 Å². The van der Waals surface area contributed by atoms with Gasteiger partial charge in [-0.05, 0) is 37.8 Å². The molecule has 1 saturated carbocycles. The number of halogens is 1. The van der Waals surface area contributed by atoms with Gasteiger partial charge < -0.3 is 10.3 Å². The van der Waals surface area contributed by atoms with E-state index in [1.807, 2.05) is 24.5 Å². The van der Waals surface area contributed by atoms with Gasteiger partial charge in [0.25, 0.3) is 0 Å². The summed E-state index contributed by atoms with van der Waals surface area (Å²) in [4.78, 5) is 16.5. The molecule has 0 aliphatic heterocycles. The predicted octanol–water partition coefficient (Wildman–Crippen LogP) is 3.53. The van der Waals surface area contributed by atoms with Crippen LogP contribution < -0.4 is 5.32 Å². The van der Waals surface area contributed by atoms with Gasteiger partial charge in [0.2, 0.25) is 5.95 Å². The largest absolute Gasteiger partial charge is 0.351 e. The molecular weight excluding hydrogens is 338 g/mol. The average molecular weight is 354 g/mol. The Morgan fingerprint density at radius 1 is 1.28 bits per heavy atom. The van der Waals surface area contributed by atoms with Crippen LogP contribution in [0.25, 0.3) is 27.9 Å². The van der Waals surface area contributed by atoms with Crippen LogP contribution in [-0.4, -0.2) is 35.6 Å². The number of hydrogen-bond donors (Lipinski definition) is 2. The Kier molecular flexibility index (Phi) is 3.18. The van der Waals surface area contributed by atoms with Crippen LogP contribution in [0.1, 0.15) is 19.8 Å². The van der Waals surface area contributed by atoms with Gasteiger partial charge in [-0.2, -0.15) is 10.1 Å². The maximum Gasteiger partial charge on any atom is 0.224 e. The summed E-state index contributed by atoms with van der Waals surface area (Å²) in [5.41, 5.74) is 3.22. The third kappa shape index (κ3) is 2.51. The van der Waals surface area contributed by atoms with Gasteiger partial charge in [-0.3, -0.25) is 0 Å². The van der Waals surface area contributed by atoms with Crippen molar-refractivity contribution in [2.45, 2.75) is 25.8 Å². The number of H-pyrrole nitrogens is 1. The van der Waals surface area contributed by atoms with Crippen molar-refractivity contribution in [3.8, 4) is 11.3 Å². The highest BCUT2D eigenvalue weighted by Crippen LogP contribution is 2.34. The van der Waals surface area contributed by atoms with Crippen LogP contribution in [0.5, 0.6) is 0 Å². The molecule has 4 aromatic rings. The Hall–Kier alpha value is -2.67. The molecule has 2 N–H and O–H groups in total. The number of rotatable bonds is 4. The fraction of sp³-hybridized carbons (Fsp3) is 0.294. The van der Waals surface area contributed by atoms with E-state index in [1.165, 1.54) is 12.8 Å². The number of hydrogen-bond acceptors (Lipinski definition) is 5. The lowest BCUT2D eigenvalue weighted by Crippen LogP contribution is -2.18. The number of imidazole rings is 1. The first-order chi connectivity index (χ1) is 12.2. The van der Waals surface area contributed by atoms with Crippen molar-refractivity contribution in [3.05, 3.63) is 35.9 Å². The summed E-state index contributed by atoms with van der Waals surface area (Å²) in [5, 5.41) is 9.35. The molecule has 0 amide bonds. The zero-order chi connectivity index (χ0) is 17.0. The summed E-state index contributed by atoms with van der Waals surface area (Å²) in [6.45, 7) is 2.18. The van der Waals surface area contributed by atoms with E-state index < -0.39 is 0 Å². The molecule has 1 aliphatic rings. The lowest BCUT2D eigenvalue weighted by molar-refractivity contribution is 0.687. The maximum atomic E-state index is 6.12.